The van der Waals surface area contributed by atoms with Crippen molar-refractivity contribution in [2.24, 2.45) is 5.92 Å². The van der Waals surface area contributed by atoms with E-state index in [1.807, 2.05) is 49.4 Å². The molecule has 0 N–H and O–H groups in total. The van der Waals surface area contributed by atoms with Gasteiger partial charge in [-0.3, -0.25) is 4.31 Å². The van der Waals surface area contributed by atoms with Crippen molar-refractivity contribution in [2.75, 3.05) is 0 Å². The van der Waals surface area contributed by atoms with Gasteiger partial charge in [0.05, 0.1) is 16.6 Å². The Kier molecular flexibility index (Phi) is 3.72. The summed E-state index contributed by atoms with van der Waals surface area (Å²) in [6, 6.07) is 17.1. The molecule has 2 aliphatic rings. The average Bonchev–Trinajstić information content (AvgIpc) is 3.16. The molecule has 1 fully saturated rings. The van der Waals surface area contributed by atoms with Gasteiger partial charge < -0.3 is 0 Å². The summed E-state index contributed by atoms with van der Waals surface area (Å²) in [6.45, 7) is 1.97. The van der Waals surface area contributed by atoms with Crippen LogP contribution in [0.4, 0.5) is 0 Å². The second kappa shape index (κ2) is 5.78. The predicted molar refractivity (Wildman–Crippen MR) is 95.8 cm³/mol. The zero-order chi connectivity index (χ0) is 16.7. The third kappa shape index (κ3) is 2.46. The minimum atomic E-state index is -3.54. The van der Waals surface area contributed by atoms with Crippen molar-refractivity contribution >= 4 is 15.7 Å². The zero-order valence-electron chi connectivity index (χ0n) is 13.7. The van der Waals surface area contributed by atoms with Crippen molar-refractivity contribution in [1.29, 1.82) is 0 Å². The SMILES string of the molecule is Cc1ccc(S(=O)(=O)N2C(c3ccccc3)=C[C@@H]3CCC[C@@H]32)cc1. The lowest BCUT2D eigenvalue weighted by atomic mass is 10.1. The summed E-state index contributed by atoms with van der Waals surface area (Å²) in [5.41, 5.74) is 2.88. The summed E-state index contributed by atoms with van der Waals surface area (Å²) in [5, 5.41) is 0. The third-order valence-corrected chi connectivity index (χ3v) is 6.94. The van der Waals surface area contributed by atoms with E-state index in [0.717, 1.165) is 36.1 Å². The number of rotatable bonds is 3. The molecule has 3 nitrogen and oxygen atoms in total. The molecule has 2 aromatic carbocycles. The molecule has 0 amide bonds. The lowest BCUT2D eigenvalue weighted by Gasteiger charge is -2.29. The molecule has 1 aliphatic carbocycles. The number of aryl methyl sites for hydroxylation is 1. The number of hydrogen-bond acceptors (Lipinski definition) is 2. The van der Waals surface area contributed by atoms with Crippen LogP contribution in [0, 0.1) is 12.8 Å². The fourth-order valence-electron chi connectivity index (χ4n) is 3.87. The van der Waals surface area contributed by atoms with Crippen molar-refractivity contribution in [3.05, 3.63) is 71.8 Å². The molecule has 0 radical (unpaired) electrons. The molecule has 0 unspecified atom stereocenters. The van der Waals surface area contributed by atoms with Crippen molar-refractivity contribution in [3.8, 4) is 0 Å². The molecule has 124 valence electrons. The topological polar surface area (TPSA) is 37.4 Å². The highest BCUT2D eigenvalue weighted by molar-refractivity contribution is 7.89. The Morgan fingerprint density at radius 1 is 0.958 bits per heavy atom. The minimum Gasteiger partial charge on any atom is -0.262 e. The molecule has 0 spiro atoms. The molecular formula is C20H21NO2S. The van der Waals surface area contributed by atoms with Gasteiger partial charge in [0, 0.05) is 5.92 Å². The van der Waals surface area contributed by atoms with Gasteiger partial charge in [0.1, 0.15) is 0 Å². The van der Waals surface area contributed by atoms with Gasteiger partial charge in [-0.2, -0.15) is 0 Å². The van der Waals surface area contributed by atoms with Crippen LogP contribution in [0.2, 0.25) is 0 Å². The Balaban J connectivity index is 1.81. The fourth-order valence-corrected chi connectivity index (χ4v) is 5.62. The first kappa shape index (κ1) is 15.5. The van der Waals surface area contributed by atoms with Gasteiger partial charge in [-0.15, -0.1) is 0 Å². The number of benzene rings is 2. The quantitative estimate of drug-likeness (QED) is 0.840. The summed E-state index contributed by atoms with van der Waals surface area (Å²) >= 11 is 0. The van der Waals surface area contributed by atoms with Gasteiger partial charge in [-0.1, -0.05) is 60.5 Å². The van der Waals surface area contributed by atoms with Crippen LogP contribution in [-0.2, 0) is 10.0 Å². The molecule has 4 rings (SSSR count). The Morgan fingerprint density at radius 3 is 2.38 bits per heavy atom. The molecule has 0 bridgehead atoms. The van der Waals surface area contributed by atoms with Crippen molar-refractivity contribution in [3.63, 3.8) is 0 Å². The van der Waals surface area contributed by atoms with E-state index in [2.05, 4.69) is 6.08 Å². The lowest BCUT2D eigenvalue weighted by molar-refractivity contribution is 0.401. The van der Waals surface area contributed by atoms with Crippen LogP contribution in [-0.4, -0.2) is 18.8 Å². The highest BCUT2D eigenvalue weighted by Crippen LogP contribution is 2.45. The number of sulfonamides is 1. The van der Waals surface area contributed by atoms with Crippen molar-refractivity contribution < 1.29 is 8.42 Å². The highest BCUT2D eigenvalue weighted by atomic mass is 32.2. The maximum atomic E-state index is 13.4. The average molecular weight is 339 g/mol. The Hall–Kier alpha value is -2.07. The first-order chi connectivity index (χ1) is 11.6. The minimum absolute atomic E-state index is 0.0616. The number of nitrogens with zero attached hydrogens (tertiary/aromatic N) is 1. The molecule has 2 aromatic rings. The third-order valence-electron chi connectivity index (χ3n) is 5.09. The smallest absolute Gasteiger partial charge is 0.262 e. The first-order valence-corrected chi connectivity index (χ1v) is 9.90. The van der Waals surface area contributed by atoms with Gasteiger partial charge in [-0.25, -0.2) is 8.42 Å². The summed E-state index contributed by atoms with van der Waals surface area (Å²) < 4.78 is 28.4. The monoisotopic (exact) mass is 339 g/mol. The maximum absolute atomic E-state index is 13.4. The van der Waals surface area contributed by atoms with E-state index in [0.29, 0.717) is 10.8 Å². The second-order valence-electron chi connectivity index (χ2n) is 6.69. The van der Waals surface area contributed by atoms with Crippen molar-refractivity contribution in [1.82, 2.24) is 4.31 Å². The molecule has 1 saturated carbocycles. The molecule has 0 saturated heterocycles. The molecule has 1 aliphatic heterocycles. The van der Waals surface area contributed by atoms with Crippen LogP contribution in [0.3, 0.4) is 0 Å². The zero-order valence-corrected chi connectivity index (χ0v) is 14.5. The van der Waals surface area contributed by atoms with Crippen LogP contribution in [0.5, 0.6) is 0 Å². The van der Waals surface area contributed by atoms with Crippen LogP contribution in [0.1, 0.15) is 30.4 Å². The largest absolute Gasteiger partial charge is 0.264 e. The van der Waals surface area contributed by atoms with Crippen LogP contribution >= 0.6 is 0 Å². The van der Waals surface area contributed by atoms with Gasteiger partial charge in [0.15, 0.2) is 0 Å². The Labute approximate surface area is 143 Å². The van der Waals surface area contributed by atoms with Crippen LogP contribution < -0.4 is 0 Å². The van der Waals surface area contributed by atoms with E-state index < -0.39 is 10.0 Å². The van der Waals surface area contributed by atoms with Gasteiger partial charge >= 0.3 is 0 Å². The molecule has 24 heavy (non-hydrogen) atoms. The molecule has 2 atom stereocenters. The lowest BCUT2D eigenvalue weighted by Crippen LogP contribution is -2.36. The van der Waals surface area contributed by atoms with E-state index >= 15 is 0 Å². The van der Waals surface area contributed by atoms with Crippen molar-refractivity contribution in [2.45, 2.75) is 37.1 Å². The standard InChI is InChI=1S/C20H21NO2S/c1-15-10-12-18(13-11-15)24(22,23)21-19-9-5-8-17(19)14-20(21)16-6-3-2-4-7-16/h2-4,6-7,10-14,17,19H,5,8-9H2,1H3/t17-,19-/m0/s1. The van der Waals surface area contributed by atoms with E-state index in [4.69, 9.17) is 0 Å². The first-order valence-electron chi connectivity index (χ1n) is 8.46. The summed E-state index contributed by atoms with van der Waals surface area (Å²) in [5.74, 6) is 0.334. The molecule has 4 heteroatoms. The van der Waals surface area contributed by atoms with Gasteiger partial charge in [-0.05, 0) is 37.5 Å². The summed E-state index contributed by atoms with van der Waals surface area (Å²) in [4.78, 5) is 0.377. The molecule has 1 heterocycles. The normalized spacial score (nSPS) is 23.2. The molecule has 0 aromatic heterocycles. The number of hydrogen-bond donors (Lipinski definition) is 0. The molecular weight excluding hydrogens is 318 g/mol. The Morgan fingerprint density at radius 2 is 1.67 bits per heavy atom. The second-order valence-corrected chi connectivity index (χ2v) is 8.51. The summed E-state index contributed by atoms with van der Waals surface area (Å²) in [7, 11) is -3.54. The number of fused-ring (bicyclic) bond motifs is 1. The van der Waals surface area contributed by atoms with E-state index in [1.165, 1.54) is 0 Å². The van der Waals surface area contributed by atoms with Gasteiger partial charge in [0.2, 0.25) is 0 Å². The van der Waals surface area contributed by atoms with Crippen LogP contribution in [0.15, 0.2) is 65.6 Å². The van der Waals surface area contributed by atoms with Gasteiger partial charge in [0.25, 0.3) is 10.0 Å². The van der Waals surface area contributed by atoms with E-state index in [-0.39, 0.29) is 6.04 Å². The predicted octanol–water partition coefficient (Wildman–Crippen LogP) is 4.21. The van der Waals surface area contributed by atoms with E-state index in [9.17, 15) is 8.42 Å². The van der Waals surface area contributed by atoms with E-state index in [1.54, 1.807) is 16.4 Å². The fraction of sp³-hybridized carbons (Fsp3) is 0.300. The highest BCUT2D eigenvalue weighted by Gasteiger charge is 2.44. The Bertz CT molecular complexity index is 870. The maximum Gasteiger partial charge on any atom is 0.264 e. The summed E-state index contributed by atoms with van der Waals surface area (Å²) in [6.07, 6.45) is 5.26. The van der Waals surface area contributed by atoms with Crippen LogP contribution in [0.25, 0.3) is 5.70 Å².